The Kier molecular flexibility index (Phi) is 6.13. The van der Waals surface area contributed by atoms with Crippen molar-refractivity contribution >= 4 is 23.9 Å². The zero-order chi connectivity index (χ0) is 10.3. The highest BCUT2D eigenvalue weighted by atomic mass is 32.2. The van der Waals surface area contributed by atoms with Crippen LogP contribution in [0.25, 0.3) is 0 Å². The topological polar surface area (TPSA) is 72.8 Å². The first kappa shape index (κ1) is 12.1. The highest BCUT2D eigenvalue weighted by Crippen LogP contribution is 2.06. The summed E-state index contributed by atoms with van der Waals surface area (Å²) >= 11 is 1.52. The Labute approximate surface area is 80.4 Å². The van der Waals surface area contributed by atoms with E-state index < -0.39 is 18.9 Å². The summed E-state index contributed by atoms with van der Waals surface area (Å²) in [5.74, 6) is -0.0469. The molecule has 0 radical (unpaired) electrons. The second kappa shape index (κ2) is 6.59. The van der Waals surface area contributed by atoms with Gasteiger partial charge >= 0.3 is 12.1 Å². The highest BCUT2D eigenvalue weighted by molar-refractivity contribution is 7.98. The monoisotopic (exact) mass is 208 g/mol. The van der Waals surface area contributed by atoms with Crippen LogP contribution in [-0.4, -0.2) is 36.0 Å². The van der Waals surface area contributed by atoms with Gasteiger partial charge in [-0.25, -0.2) is 4.79 Å². The van der Waals surface area contributed by atoms with Crippen LogP contribution in [0, 0.1) is 5.92 Å². The van der Waals surface area contributed by atoms with Crippen LogP contribution in [0.5, 0.6) is 0 Å². The molecule has 0 heterocycles. The van der Waals surface area contributed by atoms with E-state index in [1.165, 1.54) is 11.8 Å². The summed E-state index contributed by atoms with van der Waals surface area (Å²) < 4.78 is 8.52. The normalized spacial score (nSPS) is 11.8. The van der Waals surface area contributed by atoms with Crippen molar-refractivity contribution in [3.05, 3.63) is 0 Å². The molecule has 1 unspecified atom stereocenters. The number of rotatable bonds is 5. The van der Waals surface area contributed by atoms with Crippen molar-refractivity contribution in [1.82, 2.24) is 0 Å². The molecule has 0 rings (SSSR count). The smallest absolute Gasteiger partial charge is 0.450 e. The molecule has 0 saturated heterocycles. The van der Waals surface area contributed by atoms with Crippen molar-refractivity contribution in [1.29, 1.82) is 0 Å². The predicted molar refractivity (Wildman–Crippen MR) is 47.6 cm³/mol. The maximum Gasteiger partial charge on any atom is 0.508 e. The summed E-state index contributed by atoms with van der Waals surface area (Å²) in [6.07, 6.45) is 0.419. The van der Waals surface area contributed by atoms with Crippen LogP contribution < -0.4 is 0 Å². The molecular weight excluding hydrogens is 196 g/mol. The Morgan fingerprint density at radius 1 is 1.46 bits per heavy atom. The first-order valence-electron chi connectivity index (χ1n) is 3.59. The minimum atomic E-state index is -1.45. The van der Waals surface area contributed by atoms with Gasteiger partial charge in [-0.1, -0.05) is 6.92 Å². The lowest BCUT2D eigenvalue weighted by Crippen LogP contribution is -2.19. The van der Waals surface area contributed by atoms with Gasteiger partial charge < -0.3 is 14.6 Å². The third-order valence-electron chi connectivity index (χ3n) is 1.20. The first-order valence-corrected chi connectivity index (χ1v) is 4.98. The molecule has 1 N–H and O–H groups in total. The maximum atomic E-state index is 11.0. The summed E-state index contributed by atoms with van der Waals surface area (Å²) in [6, 6.07) is 0. The van der Waals surface area contributed by atoms with Gasteiger partial charge in [0.2, 0.25) is 6.79 Å². The average Bonchev–Trinajstić information content (AvgIpc) is 2.04. The Hall–Kier alpha value is -0.910. The van der Waals surface area contributed by atoms with E-state index in [1.54, 1.807) is 6.92 Å². The van der Waals surface area contributed by atoms with Crippen LogP contribution in [-0.2, 0) is 14.3 Å². The summed E-state index contributed by atoms with van der Waals surface area (Å²) in [5.41, 5.74) is 0. The van der Waals surface area contributed by atoms with Crippen molar-refractivity contribution in [3.63, 3.8) is 0 Å². The molecular formula is C7H12O5S. The largest absolute Gasteiger partial charge is 0.508 e. The van der Waals surface area contributed by atoms with Gasteiger partial charge in [-0.3, -0.25) is 4.79 Å². The molecule has 0 amide bonds. The number of hydrogen-bond acceptors (Lipinski definition) is 5. The number of hydrogen-bond donors (Lipinski definition) is 1. The molecule has 0 fully saturated rings. The van der Waals surface area contributed by atoms with E-state index in [1.807, 2.05) is 6.26 Å². The van der Waals surface area contributed by atoms with E-state index in [0.29, 0.717) is 5.75 Å². The molecule has 1 atom stereocenters. The first-order chi connectivity index (χ1) is 6.07. The molecule has 5 nitrogen and oxygen atoms in total. The van der Waals surface area contributed by atoms with E-state index in [9.17, 15) is 9.59 Å². The fraction of sp³-hybridized carbons (Fsp3) is 0.714. The lowest BCUT2D eigenvalue weighted by atomic mass is 10.2. The number of carbonyl (C=O) groups excluding carboxylic acids is 1. The zero-order valence-corrected chi connectivity index (χ0v) is 8.30. The van der Waals surface area contributed by atoms with Gasteiger partial charge in [-0.2, -0.15) is 11.8 Å². The SMILES string of the molecule is CSCC(C)C(=O)OCOC(=O)O. The average molecular weight is 208 g/mol. The molecule has 6 heteroatoms. The van der Waals surface area contributed by atoms with Crippen LogP contribution in [0.3, 0.4) is 0 Å². The summed E-state index contributed by atoms with van der Waals surface area (Å²) in [4.78, 5) is 20.9. The number of esters is 1. The fourth-order valence-corrected chi connectivity index (χ4v) is 1.23. The van der Waals surface area contributed by atoms with E-state index >= 15 is 0 Å². The predicted octanol–water partition coefficient (Wildman–Crippen LogP) is 1.18. The van der Waals surface area contributed by atoms with Crippen molar-refractivity contribution in [2.45, 2.75) is 6.92 Å². The van der Waals surface area contributed by atoms with Gasteiger partial charge in [0.25, 0.3) is 0 Å². The number of carboxylic acid groups (broad SMARTS) is 1. The highest BCUT2D eigenvalue weighted by Gasteiger charge is 2.13. The molecule has 0 aliphatic carbocycles. The van der Waals surface area contributed by atoms with Gasteiger partial charge in [0.05, 0.1) is 5.92 Å². The van der Waals surface area contributed by atoms with Crippen LogP contribution in [0.15, 0.2) is 0 Å². The Balaban J connectivity index is 3.55. The fourth-order valence-electron chi connectivity index (χ4n) is 0.598. The van der Waals surface area contributed by atoms with E-state index in [4.69, 9.17) is 5.11 Å². The number of ether oxygens (including phenoxy) is 2. The van der Waals surface area contributed by atoms with Crippen molar-refractivity contribution in [2.75, 3.05) is 18.8 Å². The van der Waals surface area contributed by atoms with Crippen molar-refractivity contribution in [3.8, 4) is 0 Å². The minimum absolute atomic E-state index is 0.243. The van der Waals surface area contributed by atoms with Crippen LogP contribution in [0.1, 0.15) is 6.92 Å². The molecule has 0 aliphatic rings. The molecule has 0 aromatic rings. The second-order valence-electron chi connectivity index (χ2n) is 2.35. The molecule has 0 aromatic heterocycles. The quantitative estimate of drug-likeness (QED) is 0.540. The summed E-state index contributed by atoms with van der Waals surface area (Å²) in [6.45, 7) is 1.17. The van der Waals surface area contributed by atoms with E-state index in [2.05, 4.69) is 9.47 Å². The molecule has 0 spiro atoms. The number of carbonyl (C=O) groups is 2. The molecule has 0 aromatic carbocycles. The molecule has 13 heavy (non-hydrogen) atoms. The zero-order valence-electron chi connectivity index (χ0n) is 7.48. The minimum Gasteiger partial charge on any atom is -0.450 e. The van der Waals surface area contributed by atoms with Gasteiger partial charge in [0.1, 0.15) is 0 Å². The Morgan fingerprint density at radius 2 is 2.08 bits per heavy atom. The Morgan fingerprint density at radius 3 is 2.54 bits per heavy atom. The van der Waals surface area contributed by atoms with Crippen LogP contribution in [0.4, 0.5) is 4.79 Å². The van der Waals surface area contributed by atoms with Crippen LogP contribution in [0.2, 0.25) is 0 Å². The van der Waals surface area contributed by atoms with E-state index in [0.717, 1.165) is 0 Å². The molecule has 76 valence electrons. The van der Waals surface area contributed by atoms with Gasteiger partial charge in [-0.05, 0) is 6.26 Å². The van der Waals surface area contributed by atoms with Gasteiger partial charge in [-0.15, -0.1) is 0 Å². The third-order valence-corrected chi connectivity index (χ3v) is 2.04. The summed E-state index contributed by atoms with van der Waals surface area (Å²) in [5, 5.41) is 8.05. The third kappa shape index (κ3) is 6.27. The van der Waals surface area contributed by atoms with Crippen LogP contribution >= 0.6 is 11.8 Å². The standard InChI is InChI=1S/C7H12O5S/c1-5(3-13-2)6(8)11-4-12-7(9)10/h5H,3-4H2,1-2H3,(H,9,10). The molecule has 0 aliphatic heterocycles. The summed E-state index contributed by atoms with van der Waals surface area (Å²) in [7, 11) is 0. The van der Waals surface area contributed by atoms with Crippen molar-refractivity contribution < 1.29 is 24.2 Å². The number of thioether (sulfide) groups is 1. The van der Waals surface area contributed by atoms with Crippen molar-refractivity contribution in [2.24, 2.45) is 5.92 Å². The van der Waals surface area contributed by atoms with Gasteiger partial charge in [0, 0.05) is 5.75 Å². The van der Waals surface area contributed by atoms with E-state index in [-0.39, 0.29) is 5.92 Å². The lowest BCUT2D eigenvalue weighted by molar-refractivity contribution is -0.156. The second-order valence-corrected chi connectivity index (χ2v) is 3.26. The Bertz CT molecular complexity index is 182. The maximum absolute atomic E-state index is 11.0. The molecule has 0 bridgehead atoms. The molecule has 0 saturated carbocycles. The lowest BCUT2D eigenvalue weighted by Gasteiger charge is -2.08. The van der Waals surface area contributed by atoms with Gasteiger partial charge in [0.15, 0.2) is 0 Å².